The molecule has 0 radical (unpaired) electrons. The van der Waals surface area contributed by atoms with Crippen molar-refractivity contribution in [3.63, 3.8) is 0 Å². The molecule has 0 fully saturated rings. The van der Waals surface area contributed by atoms with Crippen molar-refractivity contribution in [3.05, 3.63) is 88.5 Å². The zero-order valence-electron chi connectivity index (χ0n) is 17.4. The summed E-state index contributed by atoms with van der Waals surface area (Å²) in [5.74, 6) is -4.32. The molecule has 166 valence electrons. The predicted molar refractivity (Wildman–Crippen MR) is 115 cm³/mol. The number of anilines is 2. The molecule has 0 saturated carbocycles. The molecule has 2 heterocycles. The van der Waals surface area contributed by atoms with Crippen LogP contribution in [0.2, 0.25) is 0 Å². The second-order valence-corrected chi connectivity index (χ2v) is 7.83. The van der Waals surface area contributed by atoms with E-state index in [1.54, 1.807) is 31.2 Å². The van der Waals surface area contributed by atoms with Crippen molar-refractivity contribution in [3.8, 4) is 0 Å². The third-order valence-corrected chi connectivity index (χ3v) is 5.33. The first kappa shape index (κ1) is 21.8. The van der Waals surface area contributed by atoms with Gasteiger partial charge in [-0.3, -0.25) is 9.78 Å². The summed E-state index contributed by atoms with van der Waals surface area (Å²) in [6, 6.07) is 10.6. The van der Waals surface area contributed by atoms with E-state index in [9.17, 15) is 23.1 Å². The number of hydrogen-bond acceptors (Lipinski definition) is 4. The monoisotopic (exact) mass is 441 g/mol. The molecule has 0 saturated heterocycles. The van der Waals surface area contributed by atoms with Crippen LogP contribution in [0.1, 0.15) is 34.1 Å². The molecule has 0 spiro atoms. The number of nitrogens with one attached hydrogen (secondary N) is 1. The molecule has 4 rings (SSSR count). The van der Waals surface area contributed by atoms with Crippen molar-refractivity contribution in [2.75, 3.05) is 23.3 Å². The Balaban J connectivity index is 1.66. The van der Waals surface area contributed by atoms with Crippen LogP contribution >= 0.6 is 0 Å². The van der Waals surface area contributed by atoms with Crippen LogP contribution < -0.4 is 10.2 Å². The Morgan fingerprint density at radius 2 is 1.94 bits per heavy atom. The molecular formula is C24H22F3N3O2. The van der Waals surface area contributed by atoms with Crippen LogP contribution in [0.5, 0.6) is 0 Å². The number of nitrogens with zero attached hydrogens (tertiary/aromatic N) is 2. The lowest BCUT2D eigenvalue weighted by Gasteiger charge is -2.25. The number of carbonyl (C=O) groups is 1. The first-order valence-corrected chi connectivity index (χ1v) is 10.3. The number of carbonyl (C=O) groups excluding carboxylic acids is 1. The zero-order valence-corrected chi connectivity index (χ0v) is 17.4. The van der Waals surface area contributed by atoms with Gasteiger partial charge in [0.25, 0.3) is 5.91 Å². The highest BCUT2D eigenvalue weighted by Crippen LogP contribution is 2.28. The minimum Gasteiger partial charge on any atom is -0.392 e. The maximum absolute atomic E-state index is 13.6. The van der Waals surface area contributed by atoms with Gasteiger partial charge in [-0.1, -0.05) is 6.07 Å². The van der Waals surface area contributed by atoms with E-state index in [0.29, 0.717) is 16.9 Å². The van der Waals surface area contributed by atoms with Crippen molar-refractivity contribution in [2.24, 2.45) is 0 Å². The van der Waals surface area contributed by atoms with Crippen LogP contribution in [0, 0.1) is 17.5 Å². The molecule has 2 aromatic carbocycles. The van der Waals surface area contributed by atoms with Crippen LogP contribution in [-0.2, 0) is 12.8 Å². The van der Waals surface area contributed by atoms with Gasteiger partial charge in [0.05, 0.1) is 12.6 Å². The van der Waals surface area contributed by atoms with E-state index in [0.717, 1.165) is 36.3 Å². The van der Waals surface area contributed by atoms with Crippen LogP contribution in [0.15, 0.2) is 48.7 Å². The summed E-state index contributed by atoms with van der Waals surface area (Å²) in [4.78, 5) is 19.1. The molecule has 0 unspecified atom stereocenters. The van der Waals surface area contributed by atoms with Crippen molar-refractivity contribution < 1.29 is 23.1 Å². The molecule has 8 heteroatoms. The van der Waals surface area contributed by atoms with Gasteiger partial charge in [0.1, 0.15) is 0 Å². The molecule has 0 bridgehead atoms. The van der Waals surface area contributed by atoms with E-state index in [1.807, 2.05) is 6.07 Å². The second kappa shape index (κ2) is 9.00. The summed E-state index contributed by atoms with van der Waals surface area (Å²) >= 11 is 0. The Labute approximate surface area is 183 Å². The maximum atomic E-state index is 13.6. The minimum atomic E-state index is -1.52. The number of benzene rings is 2. The molecule has 0 aliphatic carbocycles. The first-order chi connectivity index (χ1) is 15.3. The van der Waals surface area contributed by atoms with Crippen molar-refractivity contribution in [1.29, 1.82) is 0 Å². The van der Waals surface area contributed by atoms with Gasteiger partial charge < -0.3 is 15.3 Å². The summed E-state index contributed by atoms with van der Waals surface area (Å²) in [6.07, 6.45) is 1.47. The van der Waals surface area contributed by atoms with E-state index in [1.165, 1.54) is 11.1 Å². The van der Waals surface area contributed by atoms with Gasteiger partial charge in [-0.05, 0) is 60.9 Å². The maximum Gasteiger partial charge on any atom is 0.258 e. The Morgan fingerprint density at radius 3 is 2.66 bits per heavy atom. The van der Waals surface area contributed by atoms with Gasteiger partial charge >= 0.3 is 0 Å². The molecule has 32 heavy (non-hydrogen) atoms. The highest BCUT2D eigenvalue weighted by molar-refractivity contribution is 6.08. The summed E-state index contributed by atoms with van der Waals surface area (Å²) in [7, 11) is 0. The lowest BCUT2D eigenvalue weighted by molar-refractivity contribution is 0.0966. The molecule has 1 aliphatic heterocycles. The third-order valence-electron chi connectivity index (χ3n) is 5.33. The Bertz CT molecular complexity index is 1140. The topological polar surface area (TPSA) is 65.5 Å². The summed E-state index contributed by atoms with van der Waals surface area (Å²) < 4.78 is 40.4. The van der Waals surface area contributed by atoms with E-state index in [4.69, 9.17) is 0 Å². The molecule has 2 N–H and O–H groups in total. The highest BCUT2D eigenvalue weighted by atomic mass is 19.2. The number of hydrogen-bond donors (Lipinski definition) is 2. The zero-order chi connectivity index (χ0) is 22.8. The summed E-state index contributed by atoms with van der Waals surface area (Å²) in [6.45, 7) is 2.39. The number of amides is 1. The molecular weight excluding hydrogens is 419 g/mol. The number of aromatic nitrogens is 1. The van der Waals surface area contributed by atoms with Gasteiger partial charge in [0.2, 0.25) is 0 Å². The van der Waals surface area contributed by atoms with E-state index in [-0.39, 0.29) is 24.4 Å². The second-order valence-electron chi connectivity index (χ2n) is 7.83. The third kappa shape index (κ3) is 4.45. The molecule has 5 nitrogen and oxygen atoms in total. The fourth-order valence-electron chi connectivity index (χ4n) is 3.91. The van der Waals surface area contributed by atoms with Gasteiger partial charge in [-0.15, -0.1) is 0 Å². The average Bonchev–Trinajstić information content (AvgIpc) is 3.24. The van der Waals surface area contributed by atoms with Crippen LogP contribution in [0.3, 0.4) is 0 Å². The number of pyridine rings is 1. The quantitative estimate of drug-likeness (QED) is 0.566. The van der Waals surface area contributed by atoms with Crippen molar-refractivity contribution in [2.45, 2.75) is 25.9 Å². The van der Waals surface area contributed by atoms with Gasteiger partial charge in [-0.2, -0.15) is 0 Å². The standard InChI is InChI=1S/C24H22F3N3O2/c1-14(31)13-30(24(32)19-3-2-4-22-18(19)6-8-29-22)17-5-7-28-16(12-17)9-15-10-20(25)23(27)21(26)11-15/h2-5,7,10-12,14,29,31H,6,8-9,13H2,1H3/t14-/m1/s1. The van der Waals surface area contributed by atoms with Crippen molar-refractivity contribution in [1.82, 2.24) is 4.98 Å². The van der Waals surface area contributed by atoms with Crippen LogP contribution in [0.4, 0.5) is 24.5 Å². The fourth-order valence-corrected chi connectivity index (χ4v) is 3.91. The number of fused-ring (bicyclic) bond motifs is 1. The molecule has 1 amide bonds. The SMILES string of the molecule is C[C@@H](O)CN(C(=O)c1cccc2c1CCN2)c1ccnc(Cc2cc(F)c(F)c(F)c2)c1. The number of aliphatic hydroxyl groups excluding tert-OH is 1. The Kier molecular flexibility index (Phi) is 6.14. The number of aliphatic hydroxyl groups is 1. The smallest absolute Gasteiger partial charge is 0.258 e. The lowest BCUT2D eigenvalue weighted by atomic mass is 10.0. The van der Waals surface area contributed by atoms with Gasteiger partial charge in [-0.25, -0.2) is 13.2 Å². The number of halogens is 3. The van der Waals surface area contributed by atoms with E-state index >= 15 is 0 Å². The van der Waals surface area contributed by atoms with Crippen molar-refractivity contribution >= 4 is 17.3 Å². The van der Waals surface area contributed by atoms with Gasteiger partial charge in [0.15, 0.2) is 17.5 Å². The van der Waals surface area contributed by atoms with Gasteiger partial charge in [0, 0.05) is 41.8 Å². The average molecular weight is 441 g/mol. The number of rotatable bonds is 6. The molecule has 1 aromatic heterocycles. The van der Waals surface area contributed by atoms with Crippen LogP contribution in [0.25, 0.3) is 0 Å². The minimum absolute atomic E-state index is 0.0450. The lowest BCUT2D eigenvalue weighted by Crippen LogP contribution is -2.37. The van der Waals surface area contributed by atoms with Crippen LogP contribution in [-0.4, -0.2) is 35.2 Å². The normalized spacial score (nSPS) is 13.4. The largest absolute Gasteiger partial charge is 0.392 e. The van der Waals surface area contributed by atoms with E-state index < -0.39 is 23.6 Å². The Morgan fingerprint density at radius 1 is 1.19 bits per heavy atom. The highest BCUT2D eigenvalue weighted by Gasteiger charge is 2.25. The Hall–Kier alpha value is -3.39. The fraction of sp³-hybridized carbons (Fsp3) is 0.250. The summed E-state index contributed by atoms with van der Waals surface area (Å²) in [5, 5.41) is 13.3. The molecule has 1 atom stereocenters. The van der Waals surface area contributed by atoms with E-state index in [2.05, 4.69) is 10.3 Å². The molecule has 3 aromatic rings. The first-order valence-electron chi connectivity index (χ1n) is 10.3. The molecule has 1 aliphatic rings. The predicted octanol–water partition coefficient (Wildman–Crippen LogP) is 4.09. The summed E-state index contributed by atoms with van der Waals surface area (Å²) in [5.41, 5.74) is 3.55.